The van der Waals surface area contributed by atoms with Crippen molar-refractivity contribution in [2.45, 2.75) is 37.0 Å². The van der Waals surface area contributed by atoms with E-state index in [1.54, 1.807) is 5.48 Å². The fourth-order valence-electron chi connectivity index (χ4n) is 3.82. The van der Waals surface area contributed by atoms with Crippen LogP contribution in [-0.2, 0) is 22.9 Å². The number of benzene rings is 1. The summed E-state index contributed by atoms with van der Waals surface area (Å²) in [6.45, 7) is 1.03. The number of amides is 2. The third-order valence-corrected chi connectivity index (χ3v) is 8.42. The Labute approximate surface area is 172 Å². The molecule has 1 aliphatic carbocycles. The molecule has 0 bridgehead atoms. The van der Waals surface area contributed by atoms with Gasteiger partial charge < -0.3 is 5.32 Å². The smallest absolute Gasteiger partial charge is 0.277 e. The lowest BCUT2D eigenvalue weighted by Crippen LogP contribution is -2.27. The van der Waals surface area contributed by atoms with Crippen molar-refractivity contribution in [3.63, 3.8) is 0 Å². The first kappa shape index (κ1) is 20.0. The van der Waals surface area contributed by atoms with Crippen molar-refractivity contribution in [3.8, 4) is 0 Å². The minimum atomic E-state index is -3.54. The number of thiophene rings is 1. The van der Waals surface area contributed by atoms with Gasteiger partial charge in [-0.1, -0.05) is 0 Å². The second-order valence-corrected chi connectivity index (χ2v) is 10.1. The third-order valence-electron chi connectivity index (χ3n) is 5.30. The number of sulfonamides is 1. The molecule has 3 N–H and O–H groups in total. The Kier molecular flexibility index (Phi) is 5.43. The zero-order chi connectivity index (χ0) is 20.6. The predicted octanol–water partition coefficient (Wildman–Crippen LogP) is 2.39. The van der Waals surface area contributed by atoms with Crippen LogP contribution in [0.1, 0.15) is 50.4 Å². The molecule has 4 rings (SSSR count). The molecule has 8 nitrogen and oxygen atoms in total. The lowest BCUT2D eigenvalue weighted by atomic mass is 10.1. The number of hydrogen-bond donors (Lipinski definition) is 3. The van der Waals surface area contributed by atoms with Crippen molar-refractivity contribution in [2.24, 2.45) is 0 Å². The van der Waals surface area contributed by atoms with Gasteiger partial charge in [-0.05, 0) is 61.9 Å². The lowest BCUT2D eigenvalue weighted by Gasteiger charge is -2.15. The van der Waals surface area contributed by atoms with Crippen molar-refractivity contribution in [1.29, 1.82) is 0 Å². The van der Waals surface area contributed by atoms with Crippen LogP contribution in [0, 0.1) is 0 Å². The first-order valence-electron chi connectivity index (χ1n) is 9.42. The fourth-order valence-corrected chi connectivity index (χ4v) is 6.62. The number of hydrogen-bond acceptors (Lipinski definition) is 6. The van der Waals surface area contributed by atoms with Crippen LogP contribution in [0.25, 0.3) is 0 Å². The molecule has 154 valence electrons. The van der Waals surface area contributed by atoms with E-state index in [4.69, 9.17) is 5.21 Å². The Bertz CT molecular complexity index is 1050. The molecule has 2 aliphatic rings. The minimum absolute atomic E-state index is 0.159. The number of carbonyl (C=O) groups excluding carboxylic acids is 2. The minimum Gasteiger partial charge on any atom is -0.313 e. The quantitative estimate of drug-likeness (QED) is 0.493. The summed E-state index contributed by atoms with van der Waals surface area (Å²) < 4.78 is 26.6. The second-order valence-electron chi connectivity index (χ2n) is 7.09. The standard InChI is InChI=1S/C19H21N3O5S2/c23-17(20-19-16(18(24)21-25)14-4-3-5-15(14)28-19)12-6-8-13(9-7-12)29(26,27)22-10-1-2-11-22/h6-9,25H,1-5,10-11H2,(H,20,23)(H,21,24). The zero-order valence-corrected chi connectivity index (χ0v) is 17.2. The number of nitrogens with zero attached hydrogens (tertiary/aromatic N) is 1. The molecule has 1 aromatic carbocycles. The van der Waals surface area contributed by atoms with Crippen LogP contribution in [-0.4, -0.2) is 42.8 Å². The second kappa shape index (κ2) is 7.86. The summed E-state index contributed by atoms with van der Waals surface area (Å²) in [5, 5.41) is 12.2. The zero-order valence-electron chi connectivity index (χ0n) is 15.6. The summed E-state index contributed by atoms with van der Waals surface area (Å²) in [6.07, 6.45) is 4.22. The number of carbonyl (C=O) groups is 2. The first-order chi connectivity index (χ1) is 13.9. The summed E-state index contributed by atoms with van der Waals surface area (Å²) in [5.74, 6) is -1.09. The van der Waals surface area contributed by atoms with Gasteiger partial charge in [0.05, 0.1) is 10.5 Å². The van der Waals surface area contributed by atoms with Crippen LogP contribution in [0.5, 0.6) is 0 Å². The summed E-state index contributed by atoms with van der Waals surface area (Å²) in [4.78, 5) is 25.9. The van der Waals surface area contributed by atoms with Crippen molar-refractivity contribution >= 4 is 38.2 Å². The summed E-state index contributed by atoms with van der Waals surface area (Å²) >= 11 is 1.33. The van der Waals surface area contributed by atoms with Crippen LogP contribution >= 0.6 is 11.3 Å². The van der Waals surface area contributed by atoms with Gasteiger partial charge in [0.15, 0.2) is 0 Å². The van der Waals surface area contributed by atoms with Gasteiger partial charge in [-0.2, -0.15) is 4.31 Å². The van der Waals surface area contributed by atoms with E-state index in [2.05, 4.69) is 5.32 Å². The Morgan fingerprint density at radius 2 is 1.69 bits per heavy atom. The van der Waals surface area contributed by atoms with Crippen molar-refractivity contribution in [2.75, 3.05) is 18.4 Å². The van der Waals surface area contributed by atoms with Crippen molar-refractivity contribution in [1.82, 2.24) is 9.79 Å². The van der Waals surface area contributed by atoms with Crippen LogP contribution in [0.2, 0.25) is 0 Å². The van der Waals surface area contributed by atoms with Gasteiger partial charge in [0, 0.05) is 23.5 Å². The molecule has 0 radical (unpaired) electrons. The van der Waals surface area contributed by atoms with Gasteiger partial charge in [0.25, 0.3) is 11.8 Å². The van der Waals surface area contributed by atoms with Crippen LogP contribution in [0.3, 0.4) is 0 Å². The lowest BCUT2D eigenvalue weighted by molar-refractivity contribution is 0.0707. The Balaban J connectivity index is 1.55. The highest BCUT2D eigenvalue weighted by atomic mass is 32.2. The Hall–Kier alpha value is -2.27. The first-order valence-corrected chi connectivity index (χ1v) is 11.7. The number of fused-ring (bicyclic) bond motifs is 1. The maximum absolute atomic E-state index is 12.7. The molecular weight excluding hydrogens is 414 g/mol. The monoisotopic (exact) mass is 435 g/mol. The van der Waals surface area contributed by atoms with Gasteiger partial charge in [-0.3, -0.25) is 14.8 Å². The molecule has 2 aromatic rings. The van der Waals surface area contributed by atoms with E-state index >= 15 is 0 Å². The van der Waals surface area contributed by atoms with E-state index in [0.29, 0.717) is 23.7 Å². The van der Waals surface area contributed by atoms with Gasteiger partial charge in [-0.25, -0.2) is 13.9 Å². The molecule has 0 saturated carbocycles. The molecule has 1 aromatic heterocycles. The highest BCUT2D eigenvalue weighted by Gasteiger charge is 2.29. The van der Waals surface area contributed by atoms with Gasteiger partial charge in [0.2, 0.25) is 10.0 Å². The number of rotatable bonds is 5. The average Bonchev–Trinajstić information content (AvgIpc) is 3.45. The fraction of sp³-hybridized carbons (Fsp3) is 0.368. The molecule has 2 amide bonds. The average molecular weight is 436 g/mol. The van der Waals surface area contributed by atoms with Crippen LogP contribution in [0.4, 0.5) is 5.00 Å². The molecule has 0 atom stereocenters. The van der Waals surface area contributed by atoms with E-state index in [-0.39, 0.29) is 10.5 Å². The molecular formula is C19H21N3O5S2. The van der Waals surface area contributed by atoms with E-state index < -0.39 is 21.8 Å². The number of nitrogens with one attached hydrogen (secondary N) is 2. The van der Waals surface area contributed by atoms with Crippen molar-refractivity contribution < 1.29 is 23.2 Å². The van der Waals surface area contributed by atoms with E-state index in [1.807, 2.05) is 0 Å². The normalized spacial score (nSPS) is 16.6. The SMILES string of the molecule is O=C(Nc1sc2c(c1C(=O)NO)CCC2)c1ccc(S(=O)(=O)N2CCCC2)cc1. The predicted molar refractivity (Wildman–Crippen MR) is 108 cm³/mol. The summed E-state index contributed by atoms with van der Waals surface area (Å²) in [6, 6.07) is 5.79. The molecule has 1 saturated heterocycles. The molecule has 2 heterocycles. The maximum atomic E-state index is 12.7. The van der Waals surface area contributed by atoms with Crippen LogP contribution in [0.15, 0.2) is 29.2 Å². The largest absolute Gasteiger partial charge is 0.313 e. The highest BCUT2D eigenvalue weighted by Crippen LogP contribution is 2.39. The molecule has 10 heteroatoms. The molecule has 29 heavy (non-hydrogen) atoms. The maximum Gasteiger partial charge on any atom is 0.277 e. The van der Waals surface area contributed by atoms with E-state index in [1.165, 1.54) is 39.9 Å². The highest BCUT2D eigenvalue weighted by molar-refractivity contribution is 7.89. The van der Waals surface area contributed by atoms with E-state index in [0.717, 1.165) is 42.5 Å². The van der Waals surface area contributed by atoms with Gasteiger partial charge in [-0.15, -0.1) is 11.3 Å². The number of hydroxylamine groups is 1. The van der Waals surface area contributed by atoms with Crippen LogP contribution < -0.4 is 10.8 Å². The Morgan fingerprint density at radius 1 is 1.00 bits per heavy atom. The third kappa shape index (κ3) is 3.68. The van der Waals surface area contributed by atoms with Gasteiger partial charge >= 0.3 is 0 Å². The topological polar surface area (TPSA) is 116 Å². The molecule has 0 spiro atoms. The van der Waals surface area contributed by atoms with Crippen molar-refractivity contribution in [3.05, 3.63) is 45.8 Å². The number of anilines is 1. The molecule has 1 aliphatic heterocycles. The van der Waals surface area contributed by atoms with E-state index in [9.17, 15) is 18.0 Å². The summed E-state index contributed by atoms with van der Waals surface area (Å²) in [7, 11) is -3.54. The number of aryl methyl sites for hydroxylation is 1. The molecule has 0 unspecified atom stereocenters. The summed E-state index contributed by atoms with van der Waals surface area (Å²) in [5.41, 5.74) is 3.10. The van der Waals surface area contributed by atoms with Gasteiger partial charge in [0.1, 0.15) is 5.00 Å². The molecule has 1 fully saturated rings. The Morgan fingerprint density at radius 3 is 2.34 bits per heavy atom.